The summed E-state index contributed by atoms with van der Waals surface area (Å²) < 4.78 is 27.6. The molecule has 0 bridgehead atoms. The molecule has 8 rings (SSSR count). The Hall–Kier alpha value is -3.24. The number of aliphatic hydroxyl groups excluding tert-OH is 5. The van der Waals surface area contributed by atoms with Crippen molar-refractivity contribution >= 4 is 23.5 Å². The van der Waals surface area contributed by atoms with Crippen molar-refractivity contribution in [2.75, 3.05) is 85.9 Å². The molecule has 54 heavy (non-hydrogen) atoms. The number of benzene rings is 2. The minimum atomic E-state index is -0.954. The van der Waals surface area contributed by atoms with Crippen LogP contribution in [0.25, 0.3) is 0 Å². The van der Waals surface area contributed by atoms with E-state index in [9.17, 15) is 9.59 Å². The summed E-state index contributed by atoms with van der Waals surface area (Å²) >= 11 is 0. The molecule has 6 fully saturated rings. The van der Waals surface area contributed by atoms with E-state index >= 15 is 0 Å². The monoisotopic (exact) mass is 766 g/mol. The van der Waals surface area contributed by atoms with Gasteiger partial charge in [0.1, 0.15) is 6.10 Å². The number of nitrogens with zero attached hydrogens (tertiary/aromatic N) is 2. The molecule has 0 aromatic heterocycles. The van der Waals surface area contributed by atoms with Crippen LogP contribution >= 0.6 is 0 Å². The Morgan fingerprint density at radius 3 is 0.981 bits per heavy atom. The second kappa shape index (κ2) is 36.7. The summed E-state index contributed by atoms with van der Waals surface area (Å²) in [5, 5.41) is 40.6. The van der Waals surface area contributed by atoms with Crippen LogP contribution in [0.15, 0.2) is 58.5 Å². The standard InChI is InChI=1S/C15H10N2O2.C6H14O2.C3H8O3.3C3H6O.3C2H4O/c18-10-16-14-5-1-12(2-6-14)9-13-3-7-15(8-4-13)17-11-19;7-5-3-1-2-4-6-8;4-1-3(6)2-5;3*1-3-2-4-3;3*1-2-3-1/h1-8H,9H2;7-8H,1-6H2;3-6H,1-2H2;3*3H,2H2,1H3;3*1-2H2/t;;;3*3-;;;/m...111.../s1. The lowest BCUT2D eigenvalue weighted by Gasteiger charge is -2.02. The minimum absolute atomic E-state index is 0.283. The van der Waals surface area contributed by atoms with Gasteiger partial charge < -0.3 is 54.0 Å². The van der Waals surface area contributed by atoms with Gasteiger partial charge in [-0.25, -0.2) is 9.59 Å². The highest BCUT2D eigenvalue weighted by Gasteiger charge is 2.14. The Labute approximate surface area is 319 Å². The van der Waals surface area contributed by atoms with E-state index in [0.717, 1.165) is 103 Å². The van der Waals surface area contributed by atoms with Crippen molar-refractivity contribution in [3.63, 3.8) is 0 Å². The number of ether oxygens (including phenoxy) is 6. The molecular formula is C39H62N2O13. The molecule has 15 nitrogen and oxygen atoms in total. The van der Waals surface area contributed by atoms with Crippen molar-refractivity contribution < 1.29 is 63.5 Å². The number of rotatable bonds is 11. The van der Waals surface area contributed by atoms with Gasteiger partial charge in [0.05, 0.1) is 102 Å². The number of aliphatic hydroxyl groups is 5. The molecule has 2 aromatic rings. The number of isocyanates is 2. The van der Waals surface area contributed by atoms with E-state index in [4.69, 9.17) is 39.7 Å². The molecule has 0 amide bonds. The van der Waals surface area contributed by atoms with Crippen molar-refractivity contribution in [2.24, 2.45) is 9.98 Å². The summed E-state index contributed by atoms with van der Waals surface area (Å²) in [6, 6.07) is 14.7. The smallest absolute Gasteiger partial charge is 0.240 e. The number of epoxide rings is 6. The molecule has 2 aromatic carbocycles. The Kier molecular flexibility index (Phi) is 34.5. The van der Waals surface area contributed by atoms with Crippen molar-refractivity contribution in [3.05, 3.63) is 59.7 Å². The van der Waals surface area contributed by atoms with E-state index < -0.39 is 6.10 Å². The van der Waals surface area contributed by atoms with E-state index in [1.807, 2.05) is 24.3 Å². The van der Waals surface area contributed by atoms with Crippen LogP contribution in [-0.4, -0.2) is 148 Å². The van der Waals surface area contributed by atoms with Crippen molar-refractivity contribution in [3.8, 4) is 0 Å². The zero-order chi connectivity index (χ0) is 40.1. The molecule has 6 saturated heterocycles. The minimum Gasteiger partial charge on any atom is -0.396 e. The Morgan fingerprint density at radius 2 is 0.833 bits per heavy atom. The lowest BCUT2D eigenvalue weighted by atomic mass is 10.0. The lowest BCUT2D eigenvalue weighted by Crippen LogP contribution is -2.15. The first-order chi connectivity index (χ1) is 26.2. The van der Waals surface area contributed by atoms with E-state index in [1.165, 1.54) is 12.2 Å². The summed E-state index contributed by atoms with van der Waals surface area (Å²) in [4.78, 5) is 27.3. The van der Waals surface area contributed by atoms with Gasteiger partial charge in [-0.3, -0.25) is 0 Å². The third kappa shape index (κ3) is 48.8. The Morgan fingerprint density at radius 1 is 0.574 bits per heavy atom. The number of carbonyl (C=O) groups excluding carboxylic acids is 2. The first kappa shape index (κ1) is 50.8. The topological polar surface area (TPSA) is 235 Å². The summed E-state index contributed by atoms with van der Waals surface area (Å²) in [5.74, 6) is 0. The highest BCUT2D eigenvalue weighted by Crippen LogP contribution is 2.18. The lowest BCUT2D eigenvalue weighted by molar-refractivity contribution is 0.0450. The molecule has 15 heteroatoms. The van der Waals surface area contributed by atoms with Crippen molar-refractivity contribution in [2.45, 2.75) is 77.3 Å². The van der Waals surface area contributed by atoms with E-state index in [2.05, 4.69) is 45.0 Å². The average Bonchev–Trinajstić information content (AvgIpc) is 3.96. The van der Waals surface area contributed by atoms with Gasteiger partial charge in [0, 0.05) is 13.2 Å². The summed E-state index contributed by atoms with van der Waals surface area (Å²) in [7, 11) is 0. The van der Waals surface area contributed by atoms with Crippen LogP contribution in [0.1, 0.15) is 57.6 Å². The van der Waals surface area contributed by atoms with Crippen LogP contribution in [0.5, 0.6) is 0 Å². The fraction of sp³-hybridized carbons (Fsp3) is 0.641. The fourth-order valence-electron chi connectivity index (χ4n) is 2.64. The summed E-state index contributed by atoms with van der Waals surface area (Å²) in [6.45, 7) is 15.0. The molecule has 5 N–H and O–H groups in total. The molecule has 0 saturated carbocycles. The zero-order valence-electron chi connectivity index (χ0n) is 32.1. The second-order valence-electron chi connectivity index (χ2n) is 12.1. The maximum Gasteiger partial charge on any atom is 0.240 e. The predicted octanol–water partition coefficient (Wildman–Crippen LogP) is 3.34. The second-order valence-corrected chi connectivity index (χ2v) is 12.1. The van der Waals surface area contributed by atoms with E-state index in [1.54, 1.807) is 24.3 Å². The molecule has 6 aliphatic heterocycles. The zero-order valence-corrected chi connectivity index (χ0v) is 32.1. The molecule has 6 aliphatic rings. The van der Waals surface area contributed by atoms with Gasteiger partial charge in [0.2, 0.25) is 12.2 Å². The van der Waals surface area contributed by atoms with Crippen LogP contribution in [0.2, 0.25) is 0 Å². The molecule has 0 unspecified atom stereocenters. The Bertz CT molecular complexity index is 1090. The van der Waals surface area contributed by atoms with Gasteiger partial charge >= 0.3 is 0 Å². The van der Waals surface area contributed by atoms with E-state index in [0.29, 0.717) is 29.7 Å². The first-order valence-electron chi connectivity index (χ1n) is 18.3. The molecule has 0 aliphatic carbocycles. The molecule has 6 heterocycles. The number of hydrogen-bond donors (Lipinski definition) is 5. The van der Waals surface area contributed by atoms with Crippen LogP contribution < -0.4 is 0 Å². The van der Waals surface area contributed by atoms with Gasteiger partial charge in [-0.2, -0.15) is 9.98 Å². The maximum absolute atomic E-state index is 10.1. The molecule has 0 spiro atoms. The van der Waals surface area contributed by atoms with Gasteiger partial charge in [0.25, 0.3) is 0 Å². The third-order valence-electron chi connectivity index (χ3n) is 6.23. The highest BCUT2D eigenvalue weighted by atomic mass is 16.6. The summed E-state index contributed by atoms with van der Waals surface area (Å²) in [6.07, 6.45) is 8.39. The number of aliphatic imine (C=N–C) groups is 2. The van der Waals surface area contributed by atoms with Crippen molar-refractivity contribution in [1.82, 2.24) is 0 Å². The fourth-order valence-corrected chi connectivity index (χ4v) is 2.64. The molecule has 3 atom stereocenters. The SMILES string of the molecule is C1CO1.C1CO1.C1CO1.C[C@@H]1CO1.C[C@@H]1CO1.C[C@@H]1CO1.O=C=Nc1ccc(Cc2ccc(N=C=O)cc2)cc1.OCC(O)CO.OCCCCCCO. The maximum atomic E-state index is 10.1. The van der Waals surface area contributed by atoms with E-state index in [-0.39, 0.29) is 26.4 Å². The average molecular weight is 767 g/mol. The first-order valence-corrected chi connectivity index (χ1v) is 18.3. The number of unbranched alkanes of at least 4 members (excludes halogenated alkanes) is 3. The van der Waals surface area contributed by atoms with Crippen LogP contribution in [0.4, 0.5) is 11.4 Å². The van der Waals surface area contributed by atoms with Crippen LogP contribution in [-0.2, 0) is 44.4 Å². The largest absolute Gasteiger partial charge is 0.396 e. The van der Waals surface area contributed by atoms with Gasteiger partial charge in [-0.05, 0) is 75.4 Å². The van der Waals surface area contributed by atoms with Gasteiger partial charge in [-0.15, -0.1) is 0 Å². The predicted molar refractivity (Wildman–Crippen MR) is 203 cm³/mol. The molecule has 306 valence electrons. The van der Waals surface area contributed by atoms with Gasteiger partial charge in [-0.1, -0.05) is 37.1 Å². The van der Waals surface area contributed by atoms with Crippen LogP contribution in [0.3, 0.4) is 0 Å². The number of hydrogen-bond acceptors (Lipinski definition) is 15. The normalized spacial score (nSPS) is 18.6. The van der Waals surface area contributed by atoms with Crippen molar-refractivity contribution in [1.29, 1.82) is 0 Å². The third-order valence-corrected chi connectivity index (χ3v) is 6.23. The highest BCUT2D eigenvalue weighted by molar-refractivity contribution is 5.51. The van der Waals surface area contributed by atoms with Crippen LogP contribution in [0, 0.1) is 0 Å². The van der Waals surface area contributed by atoms with Gasteiger partial charge in [0.15, 0.2) is 0 Å². The Balaban J connectivity index is 0.000000659. The molecular weight excluding hydrogens is 704 g/mol. The summed E-state index contributed by atoms with van der Waals surface area (Å²) in [5.41, 5.74) is 3.40. The quantitative estimate of drug-likeness (QED) is 0.0957. The molecule has 0 radical (unpaired) electrons.